The Morgan fingerprint density at radius 3 is 2.21 bits per heavy atom. The summed E-state index contributed by atoms with van der Waals surface area (Å²) in [6.07, 6.45) is 4.02. The average molecular weight is 600 g/mol. The molecule has 42 heavy (non-hydrogen) atoms. The zero-order valence-electron chi connectivity index (χ0n) is 25.2. The number of hydrogen-bond donors (Lipinski definition) is 0. The van der Waals surface area contributed by atoms with Crippen LogP contribution in [-0.4, -0.2) is 83.6 Å². The van der Waals surface area contributed by atoms with E-state index in [9.17, 15) is 22.4 Å². The monoisotopic (exact) mass is 599 g/mol. The standard InChI is InChI=1S/C32H42FN3O5S/c1-6-16-36(29(38)41-30(2,3)4)32-20-31(21-32,22-32)35(18-19-42(5,39)40)28(37)34-17-15-23-9-7-8-10-26(23)27(34)24-11-13-25(33)14-12-24/h7-14,27H,6,15-22H2,1-5H3/t27-,31?,32?/m0/s1. The van der Waals surface area contributed by atoms with Gasteiger partial charge in [-0.15, -0.1) is 0 Å². The lowest BCUT2D eigenvalue weighted by atomic mass is 9.42. The fraction of sp³-hybridized carbons (Fsp3) is 0.562. The molecule has 0 N–H and O–H groups in total. The first kappa shape index (κ1) is 30.3. The lowest BCUT2D eigenvalue weighted by Gasteiger charge is -2.76. The van der Waals surface area contributed by atoms with Crippen LogP contribution in [-0.2, 0) is 21.0 Å². The average Bonchev–Trinajstić information content (AvgIpc) is 2.86. The van der Waals surface area contributed by atoms with Crippen LogP contribution in [0.4, 0.5) is 14.0 Å². The second-order valence-corrected chi connectivity index (χ2v) is 15.5. The number of halogens is 1. The van der Waals surface area contributed by atoms with Crippen molar-refractivity contribution >= 4 is 22.0 Å². The number of sulfone groups is 1. The Balaban J connectivity index is 1.45. The summed E-state index contributed by atoms with van der Waals surface area (Å²) in [4.78, 5) is 33.1. The SMILES string of the molecule is CCCN(C(=O)OC(C)(C)C)C12CC(N(CCS(C)(=O)=O)C(=O)N3CCc4ccccc4[C@@H]3c3ccc(F)cc3)(C1)C2. The van der Waals surface area contributed by atoms with Crippen LogP contribution in [0.3, 0.4) is 0 Å². The third-order valence-electron chi connectivity index (χ3n) is 8.81. The Kier molecular flexibility index (Phi) is 7.83. The number of benzene rings is 2. The Morgan fingerprint density at radius 1 is 1.00 bits per heavy atom. The fourth-order valence-corrected chi connectivity index (χ4v) is 7.56. The quantitative estimate of drug-likeness (QED) is 0.397. The molecule has 0 unspecified atom stereocenters. The van der Waals surface area contributed by atoms with Crippen molar-refractivity contribution in [3.05, 3.63) is 71.0 Å². The van der Waals surface area contributed by atoms with Crippen LogP contribution < -0.4 is 0 Å². The van der Waals surface area contributed by atoms with E-state index in [4.69, 9.17) is 4.74 Å². The van der Waals surface area contributed by atoms with E-state index in [1.165, 1.54) is 18.4 Å². The maximum Gasteiger partial charge on any atom is 0.410 e. The van der Waals surface area contributed by atoms with Crippen molar-refractivity contribution in [1.82, 2.24) is 14.7 Å². The van der Waals surface area contributed by atoms with Gasteiger partial charge in [-0.3, -0.25) is 0 Å². The summed E-state index contributed by atoms with van der Waals surface area (Å²) in [6.45, 7) is 8.63. The zero-order chi connectivity index (χ0) is 30.5. The van der Waals surface area contributed by atoms with Gasteiger partial charge in [-0.1, -0.05) is 43.3 Å². The zero-order valence-corrected chi connectivity index (χ0v) is 26.0. The fourth-order valence-electron chi connectivity index (χ4n) is 7.04. The number of hydrogen-bond acceptors (Lipinski definition) is 5. The molecule has 3 amide bonds. The van der Waals surface area contributed by atoms with Crippen molar-refractivity contribution in [2.45, 2.75) is 82.5 Å². The van der Waals surface area contributed by atoms with Gasteiger partial charge in [-0.05, 0) is 81.7 Å². The lowest BCUT2D eigenvalue weighted by molar-refractivity contribution is -0.211. The molecule has 3 aliphatic carbocycles. The molecular formula is C32H42FN3O5S. The number of nitrogens with zero attached hydrogens (tertiary/aromatic N) is 3. The van der Waals surface area contributed by atoms with E-state index in [0.29, 0.717) is 38.8 Å². The largest absolute Gasteiger partial charge is 0.444 e. The molecule has 6 rings (SSSR count). The molecule has 0 radical (unpaired) electrons. The highest BCUT2D eigenvalue weighted by Crippen LogP contribution is 2.67. The summed E-state index contributed by atoms with van der Waals surface area (Å²) >= 11 is 0. The van der Waals surface area contributed by atoms with Crippen LogP contribution in [0.2, 0.25) is 0 Å². The van der Waals surface area contributed by atoms with Gasteiger partial charge in [-0.2, -0.15) is 0 Å². The van der Waals surface area contributed by atoms with Crippen LogP contribution in [0.25, 0.3) is 0 Å². The van der Waals surface area contributed by atoms with E-state index in [2.05, 4.69) is 6.07 Å². The van der Waals surface area contributed by atoms with Crippen LogP contribution in [0, 0.1) is 5.82 Å². The number of urea groups is 1. The summed E-state index contributed by atoms with van der Waals surface area (Å²) in [5.41, 5.74) is 1.37. The van der Waals surface area contributed by atoms with Gasteiger partial charge in [0, 0.05) is 25.9 Å². The van der Waals surface area contributed by atoms with Crippen molar-refractivity contribution in [1.29, 1.82) is 0 Å². The minimum Gasteiger partial charge on any atom is -0.444 e. The van der Waals surface area contributed by atoms with Gasteiger partial charge in [0.25, 0.3) is 0 Å². The van der Waals surface area contributed by atoms with Crippen molar-refractivity contribution in [3.63, 3.8) is 0 Å². The highest BCUT2D eigenvalue weighted by atomic mass is 32.2. The molecule has 1 aliphatic heterocycles. The molecule has 0 spiro atoms. The highest BCUT2D eigenvalue weighted by Gasteiger charge is 2.74. The van der Waals surface area contributed by atoms with Crippen molar-refractivity contribution < 1.29 is 27.1 Å². The summed E-state index contributed by atoms with van der Waals surface area (Å²) in [6, 6.07) is 13.5. The molecule has 2 aromatic carbocycles. The van der Waals surface area contributed by atoms with Crippen LogP contribution in [0.5, 0.6) is 0 Å². The molecular weight excluding hydrogens is 557 g/mol. The van der Waals surface area contributed by atoms with E-state index >= 15 is 0 Å². The number of carbonyl (C=O) groups excluding carboxylic acids is 2. The Hall–Kier alpha value is -3.14. The Bertz CT molecular complexity index is 1430. The molecule has 10 heteroatoms. The van der Waals surface area contributed by atoms with Crippen LogP contribution in [0.1, 0.15) is 76.1 Å². The molecule has 0 aromatic heterocycles. The normalized spacial score (nSPS) is 24.6. The van der Waals surface area contributed by atoms with Gasteiger partial charge in [-0.25, -0.2) is 22.4 Å². The molecule has 3 saturated carbocycles. The topological polar surface area (TPSA) is 87.2 Å². The van der Waals surface area contributed by atoms with Crippen LogP contribution >= 0.6 is 0 Å². The Labute approximate surface area is 248 Å². The second kappa shape index (κ2) is 10.8. The summed E-state index contributed by atoms with van der Waals surface area (Å²) in [7, 11) is -3.34. The van der Waals surface area contributed by atoms with Gasteiger partial charge < -0.3 is 19.4 Å². The van der Waals surface area contributed by atoms with Gasteiger partial charge in [0.1, 0.15) is 21.3 Å². The number of rotatable bonds is 8. The molecule has 2 bridgehead atoms. The first-order valence-corrected chi connectivity index (χ1v) is 16.8. The van der Waals surface area contributed by atoms with Gasteiger partial charge in [0.15, 0.2) is 0 Å². The minimum atomic E-state index is -3.34. The van der Waals surface area contributed by atoms with Crippen molar-refractivity contribution in [2.24, 2.45) is 0 Å². The summed E-state index contributed by atoms with van der Waals surface area (Å²) < 4.78 is 44.2. The lowest BCUT2D eigenvalue weighted by Crippen LogP contribution is -2.85. The highest BCUT2D eigenvalue weighted by molar-refractivity contribution is 7.90. The minimum absolute atomic E-state index is 0.0717. The molecule has 1 heterocycles. The van der Waals surface area contributed by atoms with E-state index in [1.54, 1.807) is 17.0 Å². The third kappa shape index (κ3) is 5.74. The van der Waals surface area contributed by atoms with E-state index in [1.807, 2.05) is 55.7 Å². The number of amides is 3. The summed E-state index contributed by atoms with van der Waals surface area (Å²) in [5, 5.41) is 0. The molecule has 2 aromatic rings. The molecule has 4 aliphatic rings. The molecule has 1 atom stereocenters. The predicted molar refractivity (Wildman–Crippen MR) is 159 cm³/mol. The van der Waals surface area contributed by atoms with Crippen molar-refractivity contribution in [3.8, 4) is 0 Å². The molecule has 0 saturated heterocycles. The maximum absolute atomic E-state index is 14.5. The second-order valence-electron chi connectivity index (χ2n) is 13.3. The third-order valence-corrected chi connectivity index (χ3v) is 9.74. The first-order chi connectivity index (χ1) is 19.7. The summed E-state index contributed by atoms with van der Waals surface area (Å²) in [5.74, 6) is -0.500. The molecule has 228 valence electrons. The van der Waals surface area contributed by atoms with E-state index < -0.39 is 32.6 Å². The molecule has 8 nitrogen and oxygen atoms in total. The maximum atomic E-state index is 14.5. The van der Waals surface area contributed by atoms with E-state index in [-0.39, 0.29) is 30.2 Å². The van der Waals surface area contributed by atoms with Gasteiger partial charge in [0.2, 0.25) is 0 Å². The number of ether oxygens (including phenoxy) is 1. The van der Waals surface area contributed by atoms with Crippen molar-refractivity contribution in [2.75, 3.05) is 31.6 Å². The van der Waals surface area contributed by atoms with Crippen LogP contribution in [0.15, 0.2) is 48.5 Å². The van der Waals surface area contributed by atoms with Gasteiger partial charge in [0.05, 0.1) is 22.9 Å². The van der Waals surface area contributed by atoms with E-state index in [0.717, 1.165) is 23.1 Å². The Morgan fingerprint density at radius 2 is 1.62 bits per heavy atom. The number of carbonyl (C=O) groups is 2. The van der Waals surface area contributed by atoms with Gasteiger partial charge >= 0.3 is 12.1 Å². The predicted octanol–water partition coefficient (Wildman–Crippen LogP) is 5.56. The smallest absolute Gasteiger partial charge is 0.410 e. The first-order valence-electron chi connectivity index (χ1n) is 14.8. The number of fused-ring (bicyclic) bond motifs is 1. The molecule has 3 fully saturated rings.